The number of amides is 2. The first-order valence-electron chi connectivity index (χ1n) is 16.3. The molecule has 7 atom stereocenters. The minimum Gasteiger partial charge on any atom is -0.465 e. The highest BCUT2D eigenvalue weighted by Gasteiger charge is 2.79. The van der Waals surface area contributed by atoms with Crippen LogP contribution in [0.25, 0.3) is 0 Å². The molecule has 2 amide bonds. The Balaban J connectivity index is 1.78. The predicted octanol–water partition coefficient (Wildman–Crippen LogP) is 4.73. The Hall–Kier alpha value is -3.17. The quantitative estimate of drug-likeness (QED) is 0.164. The summed E-state index contributed by atoms with van der Waals surface area (Å²) in [5.41, 5.74) is -0.410. The van der Waals surface area contributed by atoms with E-state index in [9.17, 15) is 19.5 Å². The van der Waals surface area contributed by atoms with E-state index < -0.39 is 41.1 Å². The number of aliphatic hydroxyl groups is 1. The molecule has 1 spiro atoms. The second kappa shape index (κ2) is 13.9. The number of unbranched alkanes of at least 4 members (excludes halogenated alkanes) is 1. The summed E-state index contributed by atoms with van der Waals surface area (Å²) in [5.74, 6) is -2.91. The third-order valence-corrected chi connectivity index (χ3v) is 10.2. The molecule has 3 saturated heterocycles. The third kappa shape index (κ3) is 5.69. The van der Waals surface area contributed by atoms with Gasteiger partial charge in [-0.25, -0.2) is 0 Å². The molecule has 1 aromatic carbocycles. The molecule has 0 saturated carbocycles. The highest BCUT2D eigenvalue weighted by atomic mass is 16.6. The van der Waals surface area contributed by atoms with Crippen LogP contribution in [0.1, 0.15) is 66.7 Å². The summed E-state index contributed by atoms with van der Waals surface area (Å²) in [4.78, 5) is 48.5. The van der Waals surface area contributed by atoms with Crippen molar-refractivity contribution in [2.24, 2.45) is 17.8 Å². The second-order valence-corrected chi connectivity index (χ2v) is 12.6. The third-order valence-electron chi connectivity index (χ3n) is 10.2. The lowest BCUT2D eigenvalue weighted by atomic mass is 9.66. The first-order chi connectivity index (χ1) is 21.1. The van der Waals surface area contributed by atoms with Gasteiger partial charge < -0.3 is 29.3 Å². The Kier molecular flexibility index (Phi) is 10.6. The summed E-state index contributed by atoms with van der Waals surface area (Å²) in [7, 11) is 0. The van der Waals surface area contributed by atoms with Crippen LogP contribution >= 0.6 is 0 Å². The van der Waals surface area contributed by atoms with Gasteiger partial charge in [0.2, 0.25) is 5.91 Å². The summed E-state index contributed by atoms with van der Waals surface area (Å²) in [5, 5.41) is 10.6. The fourth-order valence-corrected chi connectivity index (χ4v) is 7.69. The smallest absolute Gasteiger partial charge is 0.312 e. The first-order valence-corrected chi connectivity index (χ1v) is 16.3. The second-order valence-electron chi connectivity index (χ2n) is 12.6. The van der Waals surface area contributed by atoms with Crippen molar-refractivity contribution in [2.45, 2.75) is 90.0 Å². The van der Waals surface area contributed by atoms with Gasteiger partial charge >= 0.3 is 5.97 Å². The van der Waals surface area contributed by atoms with E-state index in [1.165, 1.54) is 0 Å². The summed E-state index contributed by atoms with van der Waals surface area (Å²) in [6.45, 7) is 19.5. The van der Waals surface area contributed by atoms with E-state index in [1.807, 2.05) is 45.0 Å². The molecule has 4 rings (SSSR count). The molecule has 2 unspecified atom stereocenters. The van der Waals surface area contributed by atoms with Crippen LogP contribution in [0, 0.1) is 17.8 Å². The Morgan fingerprint density at radius 2 is 1.80 bits per heavy atom. The zero-order chi connectivity index (χ0) is 32.2. The highest BCUT2D eigenvalue weighted by molar-refractivity contribution is 6.05. The molecule has 0 aliphatic carbocycles. The number of fused-ring (bicyclic) bond motifs is 1. The molecule has 2 bridgehead atoms. The molecule has 0 aromatic heterocycles. The summed E-state index contributed by atoms with van der Waals surface area (Å²) in [6, 6.07) is 6.20. The minimum absolute atomic E-state index is 0.0900. The maximum Gasteiger partial charge on any atom is 0.312 e. The lowest BCUT2D eigenvalue weighted by Gasteiger charge is -2.41. The van der Waals surface area contributed by atoms with Crippen LogP contribution < -0.4 is 9.80 Å². The topological polar surface area (TPSA) is 99.6 Å². The van der Waals surface area contributed by atoms with Gasteiger partial charge in [-0.1, -0.05) is 32.4 Å². The number of benzene rings is 1. The Bertz CT molecular complexity index is 1220. The van der Waals surface area contributed by atoms with Gasteiger partial charge in [0, 0.05) is 31.0 Å². The molecule has 3 aliphatic heterocycles. The number of esters is 1. The number of likely N-dealkylation sites (tertiary alicyclic amines) is 1. The number of anilines is 2. The number of nitrogens with zero attached hydrogens (tertiary/aromatic N) is 3. The number of carbonyl (C=O) groups excluding carboxylic acids is 3. The SMILES string of the molecule is C=CCCCOC(=O)[C@H]1[C@H]2C(=O)N([C@@H](CO)[C@@H](C)CC)C(C(=O)N(CC=C)c3ccc(N(CC)CC)cc3)C23CC[C@]1(C)O3. The van der Waals surface area contributed by atoms with Gasteiger partial charge in [0.15, 0.2) is 0 Å². The van der Waals surface area contributed by atoms with E-state index in [4.69, 9.17) is 9.47 Å². The normalized spacial score (nSPS) is 28.4. The van der Waals surface area contributed by atoms with Crippen LogP contribution in [-0.4, -0.2) is 83.9 Å². The lowest BCUT2D eigenvalue weighted by Crippen LogP contribution is -2.60. The fourth-order valence-electron chi connectivity index (χ4n) is 7.69. The molecule has 3 heterocycles. The van der Waals surface area contributed by atoms with Gasteiger partial charge in [-0.2, -0.15) is 0 Å². The molecule has 44 heavy (non-hydrogen) atoms. The van der Waals surface area contributed by atoms with Crippen molar-refractivity contribution < 1.29 is 29.0 Å². The van der Waals surface area contributed by atoms with Crippen LogP contribution in [0.2, 0.25) is 0 Å². The van der Waals surface area contributed by atoms with Crippen LogP contribution in [0.3, 0.4) is 0 Å². The molecule has 3 aliphatic rings. The molecule has 3 fully saturated rings. The maximum absolute atomic E-state index is 14.9. The zero-order valence-corrected chi connectivity index (χ0v) is 27.2. The van der Waals surface area contributed by atoms with Gasteiger partial charge in [0.25, 0.3) is 5.91 Å². The van der Waals surface area contributed by atoms with Crippen LogP contribution in [-0.2, 0) is 23.9 Å². The molecule has 242 valence electrons. The lowest BCUT2D eigenvalue weighted by molar-refractivity contribution is -0.161. The molecular formula is C35H51N3O6. The van der Waals surface area contributed by atoms with Crippen LogP contribution in [0.4, 0.5) is 11.4 Å². The largest absolute Gasteiger partial charge is 0.465 e. The van der Waals surface area contributed by atoms with E-state index in [-0.39, 0.29) is 37.5 Å². The van der Waals surface area contributed by atoms with Crippen LogP contribution in [0.15, 0.2) is 49.6 Å². The van der Waals surface area contributed by atoms with Crippen molar-refractivity contribution in [1.82, 2.24) is 4.90 Å². The first kappa shape index (κ1) is 33.7. The monoisotopic (exact) mass is 609 g/mol. The van der Waals surface area contributed by atoms with Crippen molar-refractivity contribution in [3.63, 3.8) is 0 Å². The van der Waals surface area contributed by atoms with E-state index in [1.54, 1.807) is 22.0 Å². The van der Waals surface area contributed by atoms with E-state index >= 15 is 0 Å². The molecule has 1 aromatic rings. The number of hydrogen-bond acceptors (Lipinski definition) is 7. The summed E-state index contributed by atoms with van der Waals surface area (Å²) in [6.07, 6.45) is 6.47. The highest BCUT2D eigenvalue weighted by Crippen LogP contribution is 2.64. The van der Waals surface area contributed by atoms with E-state index in [2.05, 4.69) is 31.9 Å². The van der Waals surface area contributed by atoms with Crippen molar-refractivity contribution in [2.75, 3.05) is 42.6 Å². The molecule has 9 heteroatoms. The average Bonchev–Trinajstić information content (AvgIpc) is 3.59. The summed E-state index contributed by atoms with van der Waals surface area (Å²) < 4.78 is 12.5. The zero-order valence-electron chi connectivity index (χ0n) is 27.2. The minimum atomic E-state index is -1.21. The summed E-state index contributed by atoms with van der Waals surface area (Å²) >= 11 is 0. The number of allylic oxidation sites excluding steroid dienone is 1. The predicted molar refractivity (Wildman–Crippen MR) is 172 cm³/mol. The van der Waals surface area contributed by atoms with Crippen molar-refractivity contribution in [1.29, 1.82) is 0 Å². The Labute approximate surface area is 262 Å². The van der Waals surface area contributed by atoms with Gasteiger partial charge in [-0.15, -0.1) is 13.2 Å². The standard InChI is InChI=1S/C35H51N3O6/c1-8-13-14-22-43-33(42)29-28-31(40)38(27(23-39)24(6)10-3)30(35(28)20-19-34(29,7)44-35)32(41)37(21-9-2)26-17-15-25(16-18-26)36(11-4)12-5/h8-9,15-18,24,27-30,39H,1-2,10-14,19-23H2,3-7H3/t24-,27-,28-,29+,30?,34-,35?/m0/s1. The fraction of sp³-hybridized carbons (Fsp3) is 0.629. The van der Waals surface area contributed by atoms with Crippen molar-refractivity contribution in [3.8, 4) is 0 Å². The van der Waals surface area contributed by atoms with Gasteiger partial charge in [-0.05, 0) is 76.6 Å². The number of carbonyl (C=O) groups is 3. The van der Waals surface area contributed by atoms with Gasteiger partial charge in [0.1, 0.15) is 17.6 Å². The van der Waals surface area contributed by atoms with Crippen molar-refractivity contribution >= 4 is 29.2 Å². The molecule has 1 N–H and O–H groups in total. The van der Waals surface area contributed by atoms with Crippen LogP contribution in [0.5, 0.6) is 0 Å². The van der Waals surface area contributed by atoms with E-state index in [0.29, 0.717) is 37.8 Å². The Morgan fingerprint density at radius 3 is 2.36 bits per heavy atom. The van der Waals surface area contributed by atoms with Crippen molar-refractivity contribution in [3.05, 3.63) is 49.6 Å². The maximum atomic E-state index is 14.9. The number of ether oxygens (including phenoxy) is 2. The molecule has 0 radical (unpaired) electrons. The number of aliphatic hydroxyl groups excluding tert-OH is 1. The molecular weight excluding hydrogens is 558 g/mol. The Morgan fingerprint density at radius 1 is 1.14 bits per heavy atom. The van der Waals surface area contributed by atoms with Gasteiger partial charge in [-0.3, -0.25) is 14.4 Å². The molecule has 9 nitrogen and oxygen atoms in total. The van der Waals surface area contributed by atoms with Gasteiger partial charge in [0.05, 0.1) is 30.8 Å². The number of rotatable bonds is 16. The van der Waals surface area contributed by atoms with E-state index in [0.717, 1.165) is 18.8 Å². The number of hydrogen-bond donors (Lipinski definition) is 1. The average molecular weight is 610 g/mol.